The molecule has 0 bridgehead atoms. The lowest BCUT2D eigenvalue weighted by Crippen LogP contribution is -2.17. The lowest BCUT2D eigenvalue weighted by Gasteiger charge is -2.05. The lowest BCUT2D eigenvalue weighted by atomic mass is 10.4. The largest absolute Gasteiger partial charge is 0.501 e. The molecule has 0 amide bonds. The quantitative estimate of drug-likeness (QED) is 0.494. The van der Waals surface area contributed by atoms with Gasteiger partial charge in [-0.2, -0.15) is 0 Å². The Labute approximate surface area is 49.5 Å². The van der Waals surface area contributed by atoms with Crippen LogP contribution < -0.4 is 5.32 Å². The van der Waals surface area contributed by atoms with Crippen molar-refractivity contribution in [1.29, 1.82) is 0 Å². The molecule has 2 nitrogen and oxygen atoms in total. The summed E-state index contributed by atoms with van der Waals surface area (Å²) in [6.07, 6.45) is 4.86. The van der Waals surface area contributed by atoms with Crippen LogP contribution >= 0.6 is 0 Å². The molecule has 0 aliphatic carbocycles. The standard InChI is InChI=1S/C6H11NO/c1-3-7-4-2-6-8-5-1/h1,5,7H,2-4,6H2. The fourth-order valence-corrected chi connectivity index (χ4v) is 0.650. The van der Waals surface area contributed by atoms with E-state index in [1.165, 1.54) is 0 Å². The second kappa shape index (κ2) is 3.50. The van der Waals surface area contributed by atoms with Crippen molar-refractivity contribution in [3.63, 3.8) is 0 Å². The number of hydrogen-bond donors (Lipinski definition) is 1. The molecule has 2 heteroatoms. The van der Waals surface area contributed by atoms with E-state index in [-0.39, 0.29) is 0 Å². The molecule has 8 heavy (non-hydrogen) atoms. The Kier molecular flexibility index (Phi) is 2.46. The van der Waals surface area contributed by atoms with Crippen molar-refractivity contribution in [2.45, 2.75) is 6.42 Å². The second-order valence-corrected chi connectivity index (χ2v) is 1.80. The van der Waals surface area contributed by atoms with Crippen LogP contribution in [0.15, 0.2) is 12.3 Å². The summed E-state index contributed by atoms with van der Waals surface area (Å²) in [4.78, 5) is 0. The van der Waals surface area contributed by atoms with Crippen LogP contribution in [0.25, 0.3) is 0 Å². The van der Waals surface area contributed by atoms with E-state index in [2.05, 4.69) is 5.32 Å². The Morgan fingerprint density at radius 2 is 2.50 bits per heavy atom. The summed E-state index contributed by atoms with van der Waals surface area (Å²) >= 11 is 0. The summed E-state index contributed by atoms with van der Waals surface area (Å²) < 4.78 is 5.05. The highest BCUT2D eigenvalue weighted by atomic mass is 16.5. The Balaban J connectivity index is 2.17. The highest BCUT2D eigenvalue weighted by Gasteiger charge is 1.88. The predicted molar refractivity (Wildman–Crippen MR) is 32.6 cm³/mol. The molecule has 1 heterocycles. The molecule has 1 N–H and O–H groups in total. The Bertz CT molecular complexity index is 70.6. The highest BCUT2D eigenvalue weighted by Crippen LogP contribution is 1.85. The zero-order chi connectivity index (χ0) is 5.66. The van der Waals surface area contributed by atoms with E-state index >= 15 is 0 Å². The van der Waals surface area contributed by atoms with Gasteiger partial charge in [-0.05, 0) is 19.0 Å². The third kappa shape index (κ3) is 1.98. The second-order valence-electron chi connectivity index (χ2n) is 1.80. The average molecular weight is 113 g/mol. The van der Waals surface area contributed by atoms with E-state index < -0.39 is 0 Å². The van der Waals surface area contributed by atoms with Crippen molar-refractivity contribution < 1.29 is 4.74 Å². The Morgan fingerprint density at radius 1 is 1.50 bits per heavy atom. The van der Waals surface area contributed by atoms with Crippen LogP contribution in [0.5, 0.6) is 0 Å². The molecule has 46 valence electrons. The predicted octanol–water partition coefficient (Wildman–Crippen LogP) is 0.510. The van der Waals surface area contributed by atoms with Crippen LogP contribution in [-0.4, -0.2) is 19.7 Å². The van der Waals surface area contributed by atoms with Gasteiger partial charge in [-0.1, -0.05) is 0 Å². The maximum atomic E-state index is 5.05. The van der Waals surface area contributed by atoms with Crippen LogP contribution in [0.4, 0.5) is 0 Å². The summed E-state index contributed by atoms with van der Waals surface area (Å²) in [6, 6.07) is 0. The van der Waals surface area contributed by atoms with Gasteiger partial charge in [0.25, 0.3) is 0 Å². The van der Waals surface area contributed by atoms with E-state index in [0.717, 1.165) is 26.1 Å². The van der Waals surface area contributed by atoms with E-state index in [4.69, 9.17) is 4.74 Å². The van der Waals surface area contributed by atoms with E-state index in [1.807, 2.05) is 6.08 Å². The lowest BCUT2D eigenvalue weighted by molar-refractivity contribution is 0.238. The minimum atomic E-state index is 0.851. The van der Waals surface area contributed by atoms with Crippen molar-refractivity contribution in [2.24, 2.45) is 0 Å². The number of nitrogens with one attached hydrogen (secondary N) is 1. The fourth-order valence-electron chi connectivity index (χ4n) is 0.650. The molecular formula is C6H11NO. The molecule has 0 atom stereocenters. The third-order valence-corrected chi connectivity index (χ3v) is 1.07. The normalized spacial score (nSPS) is 21.0. The van der Waals surface area contributed by atoms with Gasteiger partial charge in [-0.15, -0.1) is 0 Å². The Morgan fingerprint density at radius 3 is 3.50 bits per heavy atom. The first kappa shape index (κ1) is 5.63. The minimum Gasteiger partial charge on any atom is -0.501 e. The van der Waals surface area contributed by atoms with E-state index in [0.29, 0.717) is 0 Å². The van der Waals surface area contributed by atoms with E-state index in [9.17, 15) is 0 Å². The van der Waals surface area contributed by atoms with Crippen LogP contribution in [-0.2, 0) is 4.74 Å². The molecular weight excluding hydrogens is 102 g/mol. The molecule has 0 aromatic carbocycles. The molecule has 0 fully saturated rings. The van der Waals surface area contributed by atoms with Gasteiger partial charge in [0.1, 0.15) is 0 Å². The number of rotatable bonds is 0. The molecule has 1 aliphatic heterocycles. The zero-order valence-electron chi connectivity index (χ0n) is 4.89. The fraction of sp³-hybridized carbons (Fsp3) is 0.667. The van der Waals surface area contributed by atoms with Crippen LogP contribution in [0.2, 0.25) is 0 Å². The van der Waals surface area contributed by atoms with E-state index in [1.54, 1.807) is 6.26 Å². The molecule has 0 aromatic rings. The zero-order valence-corrected chi connectivity index (χ0v) is 4.89. The molecule has 0 aromatic heterocycles. The molecule has 0 saturated heterocycles. The van der Waals surface area contributed by atoms with Gasteiger partial charge >= 0.3 is 0 Å². The maximum absolute atomic E-state index is 5.05. The molecule has 0 spiro atoms. The van der Waals surface area contributed by atoms with Gasteiger partial charge in [0.15, 0.2) is 0 Å². The first-order chi connectivity index (χ1) is 4.00. The summed E-state index contributed by atoms with van der Waals surface area (Å²) in [6.45, 7) is 2.87. The summed E-state index contributed by atoms with van der Waals surface area (Å²) in [5, 5.41) is 3.22. The SMILES string of the molecule is C1=COCCCNC1. The van der Waals surface area contributed by atoms with Gasteiger partial charge in [0.05, 0.1) is 12.9 Å². The third-order valence-electron chi connectivity index (χ3n) is 1.07. The maximum Gasteiger partial charge on any atom is 0.0885 e. The number of hydrogen-bond acceptors (Lipinski definition) is 2. The molecule has 1 aliphatic rings. The molecule has 1 rings (SSSR count). The number of ether oxygens (including phenoxy) is 1. The van der Waals surface area contributed by atoms with Crippen molar-refractivity contribution >= 4 is 0 Å². The summed E-state index contributed by atoms with van der Waals surface area (Å²) in [5.41, 5.74) is 0. The van der Waals surface area contributed by atoms with Gasteiger partial charge in [-0.25, -0.2) is 0 Å². The first-order valence-corrected chi connectivity index (χ1v) is 2.97. The van der Waals surface area contributed by atoms with Crippen LogP contribution in [0.1, 0.15) is 6.42 Å². The topological polar surface area (TPSA) is 21.3 Å². The average Bonchev–Trinajstić information content (AvgIpc) is 1.62. The summed E-state index contributed by atoms with van der Waals surface area (Å²) in [7, 11) is 0. The van der Waals surface area contributed by atoms with Gasteiger partial charge < -0.3 is 10.1 Å². The Hall–Kier alpha value is -0.500. The van der Waals surface area contributed by atoms with Gasteiger partial charge in [0.2, 0.25) is 0 Å². The van der Waals surface area contributed by atoms with Crippen molar-refractivity contribution in [2.75, 3.05) is 19.7 Å². The van der Waals surface area contributed by atoms with Crippen LogP contribution in [0, 0.1) is 0 Å². The minimum absolute atomic E-state index is 0.851. The smallest absolute Gasteiger partial charge is 0.0885 e. The van der Waals surface area contributed by atoms with Gasteiger partial charge in [0, 0.05) is 6.54 Å². The molecule has 0 unspecified atom stereocenters. The highest BCUT2D eigenvalue weighted by molar-refractivity contribution is 4.77. The monoisotopic (exact) mass is 113 g/mol. The van der Waals surface area contributed by atoms with Crippen LogP contribution in [0.3, 0.4) is 0 Å². The van der Waals surface area contributed by atoms with Crippen molar-refractivity contribution in [3.8, 4) is 0 Å². The van der Waals surface area contributed by atoms with Gasteiger partial charge in [-0.3, -0.25) is 0 Å². The van der Waals surface area contributed by atoms with Crippen molar-refractivity contribution in [1.82, 2.24) is 5.32 Å². The summed E-state index contributed by atoms with van der Waals surface area (Å²) in [5.74, 6) is 0. The molecule has 0 radical (unpaired) electrons. The molecule has 0 saturated carbocycles. The van der Waals surface area contributed by atoms with Crippen molar-refractivity contribution in [3.05, 3.63) is 12.3 Å². The first-order valence-electron chi connectivity index (χ1n) is 2.97.